The van der Waals surface area contributed by atoms with Crippen LogP contribution >= 0.6 is 0 Å². The molecule has 0 aliphatic carbocycles. The smallest absolute Gasteiger partial charge is 0.126 e. The van der Waals surface area contributed by atoms with Gasteiger partial charge in [-0.1, -0.05) is 12.1 Å². The van der Waals surface area contributed by atoms with Crippen LogP contribution in [0.3, 0.4) is 0 Å². The second kappa shape index (κ2) is 4.41. The molecule has 92 valence electrons. The Balaban J connectivity index is 2.16. The van der Waals surface area contributed by atoms with E-state index in [9.17, 15) is 8.78 Å². The number of nitrogens with one attached hydrogen (secondary N) is 1. The van der Waals surface area contributed by atoms with E-state index in [1.165, 1.54) is 12.1 Å². The van der Waals surface area contributed by atoms with Gasteiger partial charge in [0.25, 0.3) is 0 Å². The Bertz CT molecular complexity index is 573. The molecule has 1 N–H and O–H groups in total. The predicted molar refractivity (Wildman–Crippen MR) is 68.6 cm³/mol. The summed E-state index contributed by atoms with van der Waals surface area (Å²) in [5.41, 5.74) is 3.74. The van der Waals surface area contributed by atoms with E-state index in [-0.39, 0.29) is 0 Å². The highest BCUT2D eigenvalue weighted by Gasteiger charge is 2.14. The number of anilines is 1. The molecule has 1 aliphatic heterocycles. The molecule has 0 atom stereocenters. The average molecular weight is 245 g/mol. The van der Waals surface area contributed by atoms with Gasteiger partial charge in [0.05, 0.1) is 0 Å². The summed E-state index contributed by atoms with van der Waals surface area (Å²) >= 11 is 0. The molecule has 2 aromatic rings. The van der Waals surface area contributed by atoms with Crippen molar-refractivity contribution in [2.75, 3.05) is 11.9 Å². The van der Waals surface area contributed by atoms with Gasteiger partial charge in [0.2, 0.25) is 0 Å². The van der Waals surface area contributed by atoms with Gasteiger partial charge in [0.1, 0.15) is 11.6 Å². The van der Waals surface area contributed by atoms with Gasteiger partial charge in [0, 0.05) is 18.3 Å². The van der Waals surface area contributed by atoms with Gasteiger partial charge < -0.3 is 5.32 Å². The second-order valence-electron chi connectivity index (χ2n) is 4.52. The Morgan fingerprint density at radius 2 is 1.78 bits per heavy atom. The van der Waals surface area contributed by atoms with Gasteiger partial charge in [-0.05, 0) is 47.7 Å². The number of benzene rings is 2. The molecule has 1 heterocycles. The van der Waals surface area contributed by atoms with Crippen molar-refractivity contribution in [3.63, 3.8) is 0 Å². The minimum absolute atomic E-state index is 0.536. The van der Waals surface area contributed by atoms with Crippen molar-refractivity contribution in [2.45, 2.75) is 12.8 Å². The minimum atomic E-state index is -0.536. The molecule has 0 aromatic heterocycles. The van der Waals surface area contributed by atoms with E-state index in [1.54, 1.807) is 0 Å². The van der Waals surface area contributed by atoms with Crippen LogP contribution in [-0.4, -0.2) is 6.54 Å². The first-order valence-corrected chi connectivity index (χ1v) is 6.06. The van der Waals surface area contributed by atoms with Crippen molar-refractivity contribution < 1.29 is 8.78 Å². The molecule has 1 nitrogen and oxygen atoms in total. The molecule has 0 fully saturated rings. The van der Waals surface area contributed by atoms with Crippen LogP contribution in [0.1, 0.15) is 12.0 Å². The van der Waals surface area contributed by atoms with E-state index in [1.807, 2.05) is 18.2 Å². The maximum Gasteiger partial charge on any atom is 0.126 e. The largest absolute Gasteiger partial charge is 0.385 e. The van der Waals surface area contributed by atoms with Crippen molar-refractivity contribution >= 4 is 5.69 Å². The predicted octanol–water partition coefficient (Wildman–Crippen LogP) is 3.99. The number of rotatable bonds is 1. The van der Waals surface area contributed by atoms with Crippen LogP contribution in [0.4, 0.5) is 14.5 Å². The van der Waals surface area contributed by atoms with Crippen molar-refractivity contribution in [3.05, 3.63) is 53.6 Å². The van der Waals surface area contributed by atoms with Crippen LogP contribution in [0.5, 0.6) is 0 Å². The maximum atomic E-state index is 13.3. The summed E-state index contributed by atoms with van der Waals surface area (Å²) in [5, 5.41) is 3.31. The van der Waals surface area contributed by atoms with Gasteiger partial charge in [0.15, 0.2) is 0 Å². The standard InChI is InChI=1S/C15H13F2N/c16-11-7-10(8-12(17)9-11)13-3-1-5-15-14(13)4-2-6-18-15/h1,3,5,7-9,18H,2,4,6H2. The monoisotopic (exact) mass is 245 g/mol. The van der Waals surface area contributed by atoms with Crippen molar-refractivity contribution in [1.29, 1.82) is 0 Å². The lowest BCUT2D eigenvalue weighted by atomic mass is 9.93. The SMILES string of the molecule is Fc1cc(F)cc(-c2cccc3c2CCCN3)c1. The van der Waals surface area contributed by atoms with Crippen LogP contribution in [0.2, 0.25) is 0 Å². The van der Waals surface area contributed by atoms with Crippen LogP contribution in [0, 0.1) is 11.6 Å². The summed E-state index contributed by atoms with van der Waals surface area (Å²) in [6.45, 7) is 0.952. The van der Waals surface area contributed by atoms with Crippen LogP contribution in [0.15, 0.2) is 36.4 Å². The molecule has 0 bridgehead atoms. The third kappa shape index (κ3) is 1.96. The van der Waals surface area contributed by atoms with Crippen molar-refractivity contribution in [1.82, 2.24) is 0 Å². The molecule has 0 amide bonds. The fraction of sp³-hybridized carbons (Fsp3) is 0.200. The second-order valence-corrected chi connectivity index (χ2v) is 4.52. The van der Waals surface area contributed by atoms with Gasteiger partial charge in [-0.15, -0.1) is 0 Å². The zero-order valence-electron chi connectivity index (χ0n) is 9.84. The molecule has 0 saturated heterocycles. The molecule has 0 saturated carbocycles. The van der Waals surface area contributed by atoms with E-state index >= 15 is 0 Å². The molecule has 3 heteroatoms. The molecular formula is C15H13F2N. The fourth-order valence-corrected chi connectivity index (χ4v) is 2.49. The average Bonchev–Trinajstić information content (AvgIpc) is 2.37. The summed E-state index contributed by atoms with van der Waals surface area (Å²) in [7, 11) is 0. The summed E-state index contributed by atoms with van der Waals surface area (Å²) in [4.78, 5) is 0. The lowest BCUT2D eigenvalue weighted by Crippen LogP contribution is -2.12. The van der Waals surface area contributed by atoms with Crippen molar-refractivity contribution in [2.24, 2.45) is 0 Å². The Labute approximate surface area is 104 Å². The summed E-state index contributed by atoms with van der Waals surface area (Å²) in [6, 6.07) is 9.50. The Morgan fingerprint density at radius 3 is 2.56 bits per heavy atom. The molecule has 18 heavy (non-hydrogen) atoms. The van der Waals surface area contributed by atoms with Crippen LogP contribution < -0.4 is 5.32 Å². The van der Waals surface area contributed by atoms with Crippen LogP contribution in [0.25, 0.3) is 11.1 Å². The van der Waals surface area contributed by atoms with E-state index in [4.69, 9.17) is 0 Å². The highest BCUT2D eigenvalue weighted by Crippen LogP contribution is 2.33. The zero-order valence-corrected chi connectivity index (χ0v) is 9.84. The van der Waals surface area contributed by atoms with Gasteiger partial charge in [-0.2, -0.15) is 0 Å². The first-order valence-electron chi connectivity index (χ1n) is 6.06. The number of halogens is 2. The quantitative estimate of drug-likeness (QED) is 0.801. The zero-order chi connectivity index (χ0) is 12.5. The summed E-state index contributed by atoms with van der Waals surface area (Å²) in [6.07, 6.45) is 1.98. The maximum absolute atomic E-state index is 13.3. The molecular weight excluding hydrogens is 232 g/mol. The fourth-order valence-electron chi connectivity index (χ4n) is 2.49. The van der Waals surface area contributed by atoms with Gasteiger partial charge in [-0.25, -0.2) is 8.78 Å². The topological polar surface area (TPSA) is 12.0 Å². The molecule has 0 unspecified atom stereocenters. The van der Waals surface area contributed by atoms with Gasteiger partial charge >= 0.3 is 0 Å². The van der Waals surface area contributed by atoms with Crippen molar-refractivity contribution in [3.8, 4) is 11.1 Å². The first-order chi connectivity index (χ1) is 8.74. The molecule has 2 aromatic carbocycles. The van der Waals surface area contributed by atoms with E-state index in [0.29, 0.717) is 5.56 Å². The van der Waals surface area contributed by atoms with E-state index < -0.39 is 11.6 Å². The lowest BCUT2D eigenvalue weighted by Gasteiger charge is -2.21. The molecule has 0 spiro atoms. The molecule has 0 radical (unpaired) electrons. The van der Waals surface area contributed by atoms with Gasteiger partial charge in [-0.3, -0.25) is 0 Å². The highest BCUT2D eigenvalue weighted by atomic mass is 19.1. The Hall–Kier alpha value is -1.90. The highest BCUT2D eigenvalue weighted by molar-refractivity contribution is 5.74. The number of hydrogen-bond acceptors (Lipinski definition) is 1. The number of hydrogen-bond donors (Lipinski definition) is 1. The molecule has 1 aliphatic rings. The Morgan fingerprint density at radius 1 is 1.00 bits per heavy atom. The van der Waals surface area contributed by atoms with E-state index in [2.05, 4.69) is 5.32 Å². The summed E-state index contributed by atoms with van der Waals surface area (Å²) < 4.78 is 26.6. The third-order valence-electron chi connectivity index (χ3n) is 3.27. The number of fused-ring (bicyclic) bond motifs is 1. The van der Waals surface area contributed by atoms with Crippen LogP contribution in [-0.2, 0) is 6.42 Å². The normalized spacial score (nSPS) is 13.9. The minimum Gasteiger partial charge on any atom is -0.385 e. The van der Waals surface area contributed by atoms with E-state index in [0.717, 1.165) is 42.3 Å². The Kier molecular flexibility index (Phi) is 2.74. The molecule has 3 rings (SSSR count). The lowest BCUT2D eigenvalue weighted by molar-refractivity contribution is 0.584. The third-order valence-corrected chi connectivity index (χ3v) is 3.27. The summed E-state index contributed by atoms with van der Waals surface area (Å²) in [5.74, 6) is -1.07. The first kappa shape index (κ1) is 11.2.